The largest absolute Gasteiger partial charge is 0.379 e. The predicted molar refractivity (Wildman–Crippen MR) is 91.5 cm³/mol. The van der Waals surface area contributed by atoms with Crippen LogP contribution in [0.5, 0.6) is 0 Å². The van der Waals surface area contributed by atoms with Crippen molar-refractivity contribution in [3.8, 4) is 0 Å². The summed E-state index contributed by atoms with van der Waals surface area (Å²) < 4.78 is 0. The second-order valence-corrected chi connectivity index (χ2v) is 7.93. The third-order valence-corrected chi connectivity index (χ3v) is 5.33. The predicted octanol–water partition coefficient (Wildman–Crippen LogP) is 6.27. The number of benzene rings is 1. The van der Waals surface area contributed by atoms with Crippen LogP contribution in [0.2, 0.25) is 10.0 Å². The minimum absolute atomic E-state index is 0.202. The van der Waals surface area contributed by atoms with Crippen molar-refractivity contribution in [1.82, 2.24) is 0 Å². The zero-order valence-corrected chi connectivity index (χ0v) is 14.5. The maximum absolute atomic E-state index is 6.23. The molecule has 1 N–H and O–H groups in total. The van der Waals surface area contributed by atoms with Gasteiger partial charge in [-0.2, -0.15) is 0 Å². The second kappa shape index (κ2) is 5.97. The van der Waals surface area contributed by atoms with E-state index in [2.05, 4.69) is 38.2 Å². The Morgan fingerprint density at radius 3 is 2.40 bits per heavy atom. The van der Waals surface area contributed by atoms with Crippen molar-refractivity contribution >= 4 is 40.2 Å². The van der Waals surface area contributed by atoms with Gasteiger partial charge < -0.3 is 5.32 Å². The highest BCUT2D eigenvalue weighted by Crippen LogP contribution is 2.32. The number of anilines is 1. The van der Waals surface area contributed by atoms with Crippen LogP contribution in [-0.4, -0.2) is 0 Å². The van der Waals surface area contributed by atoms with Crippen molar-refractivity contribution in [1.29, 1.82) is 0 Å². The van der Waals surface area contributed by atoms with Crippen LogP contribution in [-0.2, 0) is 12.0 Å². The number of thiophene rings is 1. The minimum atomic E-state index is 0.202. The summed E-state index contributed by atoms with van der Waals surface area (Å²) in [7, 11) is 0. The molecular weight excluding hydrogens is 309 g/mol. The van der Waals surface area contributed by atoms with E-state index in [4.69, 9.17) is 23.2 Å². The summed E-state index contributed by atoms with van der Waals surface area (Å²) in [6, 6.07) is 8.14. The van der Waals surface area contributed by atoms with Gasteiger partial charge in [0.05, 0.1) is 10.7 Å². The summed E-state index contributed by atoms with van der Waals surface area (Å²) in [5, 5.41) is 4.80. The van der Waals surface area contributed by atoms with Gasteiger partial charge in [-0.05, 0) is 42.2 Å². The molecule has 1 nitrogen and oxygen atoms in total. The molecule has 0 bridgehead atoms. The van der Waals surface area contributed by atoms with Crippen molar-refractivity contribution in [3.63, 3.8) is 0 Å². The summed E-state index contributed by atoms with van der Waals surface area (Å²) in [6.07, 6.45) is 0. The molecule has 0 saturated heterocycles. The Balaban J connectivity index is 2.09. The summed E-state index contributed by atoms with van der Waals surface area (Å²) >= 11 is 14.2. The Morgan fingerprint density at radius 1 is 1.10 bits per heavy atom. The smallest absolute Gasteiger partial charge is 0.0641 e. The van der Waals surface area contributed by atoms with Gasteiger partial charge in [-0.3, -0.25) is 0 Å². The van der Waals surface area contributed by atoms with Gasteiger partial charge >= 0.3 is 0 Å². The lowest BCUT2D eigenvalue weighted by atomic mass is 9.95. The van der Waals surface area contributed by atoms with Gasteiger partial charge in [-0.15, -0.1) is 11.3 Å². The molecule has 2 aromatic rings. The van der Waals surface area contributed by atoms with Gasteiger partial charge in [-0.25, -0.2) is 0 Å². The number of hydrogen-bond acceptors (Lipinski definition) is 2. The SMILES string of the molecule is Cc1cc(Cl)c(NCc2ccc(C(C)(C)C)s2)cc1Cl. The summed E-state index contributed by atoms with van der Waals surface area (Å²) in [5.41, 5.74) is 2.08. The highest BCUT2D eigenvalue weighted by Gasteiger charge is 2.16. The van der Waals surface area contributed by atoms with Crippen LogP contribution >= 0.6 is 34.5 Å². The third kappa shape index (κ3) is 3.69. The lowest BCUT2D eigenvalue weighted by Crippen LogP contribution is -2.07. The quantitative estimate of drug-likeness (QED) is 0.700. The van der Waals surface area contributed by atoms with Crippen LogP contribution < -0.4 is 5.32 Å². The van der Waals surface area contributed by atoms with Gasteiger partial charge in [0.15, 0.2) is 0 Å². The molecule has 2 rings (SSSR count). The van der Waals surface area contributed by atoms with E-state index in [1.54, 1.807) is 0 Å². The molecule has 0 aliphatic heterocycles. The molecular formula is C16H19Cl2NS. The van der Waals surface area contributed by atoms with E-state index in [0.717, 1.165) is 22.8 Å². The van der Waals surface area contributed by atoms with Crippen LogP contribution in [0, 0.1) is 6.92 Å². The molecule has 1 aromatic heterocycles. The first-order chi connectivity index (χ1) is 9.27. The Hall–Kier alpha value is -0.700. The van der Waals surface area contributed by atoms with Gasteiger partial charge in [0.25, 0.3) is 0 Å². The zero-order valence-electron chi connectivity index (χ0n) is 12.2. The molecule has 0 aliphatic rings. The molecule has 0 saturated carbocycles. The molecule has 0 aliphatic carbocycles. The van der Waals surface area contributed by atoms with Crippen LogP contribution in [0.3, 0.4) is 0 Å². The Morgan fingerprint density at radius 2 is 1.80 bits per heavy atom. The first-order valence-corrected chi connectivity index (χ1v) is 8.13. The van der Waals surface area contributed by atoms with Gasteiger partial charge in [-0.1, -0.05) is 44.0 Å². The molecule has 1 aromatic carbocycles. The van der Waals surface area contributed by atoms with E-state index in [0.29, 0.717) is 5.02 Å². The van der Waals surface area contributed by atoms with E-state index in [-0.39, 0.29) is 5.41 Å². The maximum atomic E-state index is 6.23. The zero-order chi connectivity index (χ0) is 14.9. The molecule has 0 radical (unpaired) electrons. The van der Waals surface area contributed by atoms with Crippen LogP contribution in [0.25, 0.3) is 0 Å². The van der Waals surface area contributed by atoms with Gasteiger partial charge in [0.2, 0.25) is 0 Å². The molecule has 20 heavy (non-hydrogen) atoms. The van der Waals surface area contributed by atoms with E-state index in [9.17, 15) is 0 Å². The number of nitrogens with one attached hydrogen (secondary N) is 1. The first kappa shape index (κ1) is 15.7. The highest BCUT2D eigenvalue weighted by atomic mass is 35.5. The first-order valence-electron chi connectivity index (χ1n) is 6.56. The number of rotatable bonds is 3. The lowest BCUT2D eigenvalue weighted by molar-refractivity contribution is 0.604. The standard InChI is InChI=1S/C16H19Cl2NS/c1-10-7-13(18)14(8-12(10)17)19-9-11-5-6-15(20-11)16(2,3)4/h5-8,19H,9H2,1-4H3. The molecule has 0 atom stereocenters. The molecule has 108 valence electrons. The number of halogens is 2. The normalized spacial score (nSPS) is 11.7. The fourth-order valence-corrected chi connectivity index (χ4v) is 3.29. The molecule has 0 unspecified atom stereocenters. The molecule has 1 heterocycles. The molecule has 4 heteroatoms. The van der Waals surface area contributed by atoms with Crippen molar-refractivity contribution in [2.24, 2.45) is 0 Å². The maximum Gasteiger partial charge on any atom is 0.0641 e. The molecule has 0 spiro atoms. The van der Waals surface area contributed by atoms with Crippen molar-refractivity contribution < 1.29 is 0 Å². The van der Waals surface area contributed by atoms with Crippen molar-refractivity contribution in [2.75, 3.05) is 5.32 Å². The van der Waals surface area contributed by atoms with E-state index in [1.807, 2.05) is 30.4 Å². The summed E-state index contributed by atoms with van der Waals surface area (Å²) in [5.74, 6) is 0. The summed E-state index contributed by atoms with van der Waals surface area (Å²) in [4.78, 5) is 2.69. The summed E-state index contributed by atoms with van der Waals surface area (Å²) in [6.45, 7) is 9.40. The number of aryl methyl sites for hydroxylation is 1. The van der Waals surface area contributed by atoms with Crippen molar-refractivity contribution in [3.05, 3.63) is 49.6 Å². The van der Waals surface area contributed by atoms with Crippen molar-refractivity contribution in [2.45, 2.75) is 39.7 Å². The van der Waals surface area contributed by atoms with E-state index < -0.39 is 0 Å². The Kier molecular flexibility index (Phi) is 4.68. The average Bonchev–Trinajstić information content (AvgIpc) is 2.80. The van der Waals surface area contributed by atoms with Crippen LogP contribution in [0.1, 0.15) is 36.1 Å². The van der Waals surface area contributed by atoms with E-state index >= 15 is 0 Å². The third-order valence-electron chi connectivity index (χ3n) is 3.10. The van der Waals surface area contributed by atoms with Crippen LogP contribution in [0.15, 0.2) is 24.3 Å². The monoisotopic (exact) mass is 327 g/mol. The fourth-order valence-electron chi connectivity index (χ4n) is 1.84. The fraction of sp³-hybridized carbons (Fsp3) is 0.375. The number of hydrogen-bond donors (Lipinski definition) is 1. The highest BCUT2D eigenvalue weighted by molar-refractivity contribution is 7.12. The second-order valence-electron chi connectivity index (χ2n) is 5.95. The van der Waals surface area contributed by atoms with Crippen LogP contribution in [0.4, 0.5) is 5.69 Å². The average molecular weight is 328 g/mol. The molecule has 0 amide bonds. The van der Waals surface area contributed by atoms with E-state index in [1.165, 1.54) is 9.75 Å². The topological polar surface area (TPSA) is 12.0 Å². The van der Waals surface area contributed by atoms with Gasteiger partial charge in [0.1, 0.15) is 0 Å². The van der Waals surface area contributed by atoms with Gasteiger partial charge in [0, 0.05) is 21.3 Å². The lowest BCUT2D eigenvalue weighted by Gasteiger charge is -2.15. The Labute approximate surface area is 134 Å². The molecule has 0 fully saturated rings. The minimum Gasteiger partial charge on any atom is -0.379 e. The Bertz CT molecular complexity index is 611.